The average molecular weight is 419 g/mol. The summed E-state index contributed by atoms with van der Waals surface area (Å²) in [6.45, 7) is 7.63. The molecule has 0 saturated heterocycles. The number of benzene rings is 2. The van der Waals surface area contributed by atoms with Gasteiger partial charge in [-0.25, -0.2) is 13.4 Å². The molecule has 0 fully saturated rings. The molecule has 0 saturated carbocycles. The molecule has 0 radical (unpaired) electrons. The van der Waals surface area contributed by atoms with E-state index in [-0.39, 0.29) is 6.10 Å². The van der Waals surface area contributed by atoms with E-state index in [1.807, 2.05) is 57.2 Å². The van der Waals surface area contributed by atoms with Crippen LogP contribution in [0.5, 0.6) is 5.75 Å². The SMILES string of the molecule is CCNC(=NCc1ccccc1NS(C)(=O)=O)NCC(C)Oc1cccc(C)c1. The summed E-state index contributed by atoms with van der Waals surface area (Å²) in [6, 6.07) is 15.2. The minimum atomic E-state index is -3.35. The van der Waals surface area contributed by atoms with Gasteiger partial charge in [0.1, 0.15) is 11.9 Å². The third kappa shape index (κ3) is 8.43. The summed E-state index contributed by atoms with van der Waals surface area (Å²) >= 11 is 0. The van der Waals surface area contributed by atoms with Gasteiger partial charge in [-0.1, -0.05) is 30.3 Å². The quantitative estimate of drug-likeness (QED) is 0.430. The Morgan fingerprint density at radius 2 is 1.90 bits per heavy atom. The Kier molecular flexibility index (Phi) is 8.33. The van der Waals surface area contributed by atoms with Gasteiger partial charge in [0.05, 0.1) is 25.0 Å². The molecule has 1 unspecified atom stereocenters. The van der Waals surface area contributed by atoms with E-state index in [0.717, 1.165) is 23.1 Å². The average Bonchev–Trinajstić information content (AvgIpc) is 2.64. The molecular weight excluding hydrogens is 388 g/mol. The first-order chi connectivity index (χ1) is 13.8. The molecular formula is C21H30N4O3S. The van der Waals surface area contributed by atoms with Crippen LogP contribution in [0, 0.1) is 6.92 Å². The van der Waals surface area contributed by atoms with Crippen LogP contribution in [0.3, 0.4) is 0 Å². The molecule has 3 N–H and O–H groups in total. The van der Waals surface area contributed by atoms with Gasteiger partial charge >= 0.3 is 0 Å². The number of guanidine groups is 1. The van der Waals surface area contributed by atoms with Crippen LogP contribution in [0.2, 0.25) is 0 Å². The minimum Gasteiger partial charge on any atom is -0.489 e. The Labute approximate surface area is 173 Å². The summed E-state index contributed by atoms with van der Waals surface area (Å²) in [5.74, 6) is 1.48. The smallest absolute Gasteiger partial charge is 0.229 e. The summed E-state index contributed by atoms with van der Waals surface area (Å²) in [7, 11) is -3.35. The second kappa shape index (κ2) is 10.7. The van der Waals surface area contributed by atoms with Crippen molar-refractivity contribution >= 4 is 21.7 Å². The molecule has 0 aliphatic heterocycles. The van der Waals surface area contributed by atoms with Crippen molar-refractivity contribution in [2.75, 3.05) is 24.1 Å². The number of para-hydroxylation sites is 1. The second-order valence-electron chi connectivity index (χ2n) is 6.85. The van der Waals surface area contributed by atoms with Crippen LogP contribution in [0.1, 0.15) is 25.0 Å². The van der Waals surface area contributed by atoms with Crippen LogP contribution in [0.25, 0.3) is 0 Å². The van der Waals surface area contributed by atoms with Crippen molar-refractivity contribution < 1.29 is 13.2 Å². The van der Waals surface area contributed by atoms with Crippen LogP contribution in [0.15, 0.2) is 53.5 Å². The summed E-state index contributed by atoms with van der Waals surface area (Å²) in [5, 5.41) is 6.46. The summed E-state index contributed by atoms with van der Waals surface area (Å²) in [5.41, 5.74) is 2.48. The molecule has 8 heteroatoms. The number of sulfonamides is 1. The van der Waals surface area contributed by atoms with Crippen LogP contribution in [-0.4, -0.2) is 39.8 Å². The third-order valence-electron chi connectivity index (χ3n) is 3.95. The number of ether oxygens (including phenoxy) is 1. The van der Waals surface area contributed by atoms with E-state index in [1.165, 1.54) is 0 Å². The molecule has 2 rings (SSSR count). The highest BCUT2D eigenvalue weighted by molar-refractivity contribution is 7.92. The van der Waals surface area contributed by atoms with Crippen LogP contribution in [-0.2, 0) is 16.6 Å². The van der Waals surface area contributed by atoms with Crippen LogP contribution in [0.4, 0.5) is 5.69 Å². The lowest BCUT2D eigenvalue weighted by Gasteiger charge is -2.18. The van der Waals surface area contributed by atoms with E-state index in [1.54, 1.807) is 12.1 Å². The number of anilines is 1. The number of rotatable bonds is 9. The molecule has 1 atom stereocenters. The molecule has 0 aliphatic carbocycles. The molecule has 0 bridgehead atoms. The first-order valence-electron chi connectivity index (χ1n) is 9.58. The molecule has 0 aliphatic rings. The van der Waals surface area contributed by atoms with E-state index in [4.69, 9.17) is 4.74 Å². The molecule has 0 spiro atoms. The molecule has 29 heavy (non-hydrogen) atoms. The number of hydrogen-bond donors (Lipinski definition) is 3. The van der Waals surface area contributed by atoms with Crippen LogP contribution >= 0.6 is 0 Å². The van der Waals surface area contributed by atoms with Gasteiger partial charge in [-0.3, -0.25) is 4.72 Å². The van der Waals surface area contributed by atoms with Gasteiger partial charge in [0.2, 0.25) is 10.0 Å². The standard InChI is InChI=1S/C21H30N4O3S/c1-5-22-21(23-14-17(3)28-19-11-8-9-16(2)13-19)24-15-18-10-6-7-12-20(18)25-29(4,26)27/h6-13,17,25H,5,14-15H2,1-4H3,(H2,22,23,24). The topological polar surface area (TPSA) is 91.8 Å². The minimum absolute atomic E-state index is 0.0557. The second-order valence-corrected chi connectivity index (χ2v) is 8.60. The lowest BCUT2D eigenvalue weighted by molar-refractivity contribution is 0.223. The monoisotopic (exact) mass is 418 g/mol. The predicted molar refractivity (Wildman–Crippen MR) is 119 cm³/mol. The Balaban J connectivity index is 1.99. The third-order valence-corrected chi connectivity index (χ3v) is 4.54. The number of hydrogen-bond acceptors (Lipinski definition) is 4. The fraction of sp³-hybridized carbons (Fsp3) is 0.381. The highest BCUT2D eigenvalue weighted by atomic mass is 32.2. The van der Waals surface area contributed by atoms with Gasteiger partial charge in [-0.05, 0) is 50.1 Å². The van der Waals surface area contributed by atoms with E-state index >= 15 is 0 Å². The summed E-state index contributed by atoms with van der Waals surface area (Å²) < 4.78 is 31.6. The number of aliphatic imine (C=N–C) groups is 1. The Morgan fingerprint density at radius 3 is 2.59 bits per heavy atom. The molecule has 158 valence electrons. The van der Waals surface area contributed by atoms with Crippen molar-refractivity contribution in [1.29, 1.82) is 0 Å². The normalized spacial score (nSPS) is 12.9. The highest BCUT2D eigenvalue weighted by Gasteiger charge is 2.08. The van der Waals surface area contributed by atoms with E-state index in [2.05, 4.69) is 20.3 Å². The van der Waals surface area contributed by atoms with Gasteiger partial charge in [0, 0.05) is 6.54 Å². The molecule has 0 aromatic heterocycles. The molecule has 7 nitrogen and oxygen atoms in total. The lowest BCUT2D eigenvalue weighted by Crippen LogP contribution is -2.41. The zero-order valence-corrected chi connectivity index (χ0v) is 18.2. The van der Waals surface area contributed by atoms with Crippen molar-refractivity contribution in [3.8, 4) is 5.75 Å². The lowest BCUT2D eigenvalue weighted by atomic mass is 10.2. The zero-order chi connectivity index (χ0) is 21.3. The molecule has 2 aromatic rings. The van der Waals surface area contributed by atoms with Crippen molar-refractivity contribution in [1.82, 2.24) is 10.6 Å². The number of nitrogens with zero attached hydrogens (tertiary/aromatic N) is 1. The highest BCUT2D eigenvalue weighted by Crippen LogP contribution is 2.17. The fourth-order valence-electron chi connectivity index (χ4n) is 2.67. The van der Waals surface area contributed by atoms with E-state index < -0.39 is 10.0 Å². The van der Waals surface area contributed by atoms with Crippen LogP contribution < -0.4 is 20.1 Å². The first kappa shape index (κ1) is 22.5. The zero-order valence-electron chi connectivity index (χ0n) is 17.4. The van der Waals surface area contributed by atoms with E-state index in [0.29, 0.717) is 31.3 Å². The number of nitrogens with one attached hydrogen (secondary N) is 3. The maximum Gasteiger partial charge on any atom is 0.229 e. The Morgan fingerprint density at radius 1 is 1.14 bits per heavy atom. The van der Waals surface area contributed by atoms with Gasteiger partial charge in [-0.2, -0.15) is 0 Å². The van der Waals surface area contributed by atoms with Gasteiger partial charge < -0.3 is 15.4 Å². The van der Waals surface area contributed by atoms with Crippen molar-refractivity contribution in [3.05, 3.63) is 59.7 Å². The maximum absolute atomic E-state index is 11.6. The summed E-state index contributed by atoms with van der Waals surface area (Å²) in [4.78, 5) is 4.57. The molecule has 0 heterocycles. The number of aryl methyl sites for hydroxylation is 1. The first-order valence-corrected chi connectivity index (χ1v) is 11.5. The van der Waals surface area contributed by atoms with Crippen molar-refractivity contribution in [2.45, 2.75) is 33.4 Å². The largest absolute Gasteiger partial charge is 0.489 e. The Hall–Kier alpha value is -2.74. The Bertz CT molecular complexity index is 929. The van der Waals surface area contributed by atoms with Gasteiger partial charge in [-0.15, -0.1) is 0 Å². The van der Waals surface area contributed by atoms with Gasteiger partial charge in [0.15, 0.2) is 5.96 Å². The predicted octanol–water partition coefficient (Wildman–Crippen LogP) is 2.89. The van der Waals surface area contributed by atoms with E-state index in [9.17, 15) is 8.42 Å². The maximum atomic E-state index is 11.6. The van der Waals surface area contributed by atoms with Crippen molar-refractivity contribution in [2.24, 2.45) is 4.99 Å². The van der Waals surface area contributed by atoms with Crippen molar-refractivity contribution in [3.63, 3.8) is 0 Å². The molecule has 2 aromatic carbocycles. The summed E-state index contributed by atoms with van der Waals surface area (Å²) in [6.07, 6.45) is 1.08. The fourth-order valence-corrected chi connectivity index (χ4v) is 3.27. The molecule has 0 amide bonds. The van der Waals surface area contributed by atoms with Gasteiger partial charge in [0.25, 0.3) is 0 Å².